The smallest absolute Gasteiger partial charge is 0.119 e. The maximum atomic E-state index is 5.61. The summed E-state index contributed by atoms with van der Waals surface area (Å²) in [6, 6.07) is 8.14. The zero-order valence-electron chi connectivity index (χ0n) is 8.09. The van der Waals surface area contributed by atoms with Crippen molar-refractivity contribution in [2.75, 3.05) is 11.9 Å². The predicted molar refractivity (Wildman–Crippen MR) is 59.6 cm³/mol. The zero-order chi connectivity index (χ0) is 9.68. The molecular weight excluding hydrogens is 228 g/mol. The topological polar surface area (TPSA) is 9.23 Å². The first kappa shape index (κ1) is 10.6. The molecule has 1 rings (SSSR count). The van der Waals surface area contributed by atoms with Crippen molar-refractivity contribution >= 4 is 15.9 Å². The summed E-state index contributed by atoms with van der Waals surface area (Å²) in [6.07, 6.45) is 0. The van der Waals surface area contributed by atoms with E-state index in [2.05, 4.69) is 41.9 Å². The van der Waals surface area contributed by atoms with Gasteiger partial charge in [0.2, 0.25) is 0 Å². The summed E-state index contributed by atoms with van der Waals surface area (Å²) < 4.78 is 5.61. The number of rotatable bonds is 4. The van der Waals surface area contributed by atoms with Crippen LogP contribution in [0.15, 0.2) is 24.3 Å². The van der Waals surface area contributed by atoms with Gasteiger partial charge in [-0.15, -0.1) is 0 Å². The molecule has 1 unspecified atom stereocenters. The molecule has 0 amide bonds. The maximum Gasteiger partial charge on any atom is 0.119 e. The lowest BCUT2D eigenvalue weighted by Gasteiger charge is -2.10. The second-order valence-electron chi connectivity index (χ2n) is 3.39. The van der Waals surface area contributed by atoms with Crippen molar-refractivity contribution in [3.05, 3.63) is 29.8 Å². The van der Waals surface area contributed by atoms with E-state index in [9.17, 15) is 0 Å². The lowest BCUT2D eigenvalue weighted by Crippen LogP contribution is -2.09. The van der Waals surface area contributed by atoms with Crippen molar-refractivity contribution in [2.45, 2.75) is 13.8 Å². The van der Waals surface area contributed by atoms with Gasteiger partial charge in [0, 0.05) is 5.33 Å². The van der Waals surface area contributed by atoms with E-state index >= 15 is 0 Å². The number of aryl methyl sites for hydroxylation is 1. The van der Waals surface area contributed by atoms with Crippen molar-refractivity contribution in [2.24, 2.45) is 5.92 Å². The molecule has 2 heteroatoms. The van der Waals surface area contributed by atoms with E-state index < -0.39 is 0 Å². The second-order valence-corrected chi connectivity index (χ2v) is 4.03. The summed E-state index contributed by atoms with van der Waals surface area (Å²) in [5.41, 5.74) is 1.24. The van der Waals surface area contributed by atoms with Crippen LogP contribution in [0.2, 0.25) is 0 Å². The van der Waals surface area contributed by atoms with Crippen LogP contribution in [-0.2, 0) is 0 Å². The Kier molecular flexibility index (Phi) is 4.29. The predicted octanol–water partition coefficient (Wildman–Crippen LogP) is 3.40. The second kappa shape index (κ2) is 5.28. The molecule has 0 saturated heterocycles. The van der Waals surface area contributed by atoms with E-state index in [0.29, 0.717) is 5.92 Å². The maximum absolute atomic E-state index is 5.61. The number of ether oxygens (including phenoxy) is 1. The van der Waals surface area contributed by atoms with Gasteiger partial charge in [-0.25, -0.2) is 0 Å². The Balaban J connectivity index is 2.45. The molecule has 1 aromatic rings. The summed E-state index contributed by atoms with van der Waals surface area (Å²) >= 11 is 3.42. The quantitative estimate of drug-likeness (QED) is 0.736. The Morgan fingerprint density at radius 1 is 1.46 bits per heavy atom. The Morgan fingerprint density at radius 3 is 2.85 bits per heavy atom. The molecule has 0 aliphatic heterocycles. The number of halogens is 1. The monoisotopic (exact) mass is 242 g/mol. The molecule has 0 aliphatic rings. The minimum absolute atomic E-state index is 0.556. The molecule has 1 nitrogen and oxygen atoms in total. The van der Waals surface area contributed by atoms with Crippen LogP contribution in [0.25, 0.3) is 0 Å². The average Bonchev–Trinajstić information content (AvgIpc) is 2.14. The van der Waals surface area contributed by atoms with Gasteiger partial charge in [-0.3, -0.25) is 0 Å². The van der Waals surface area contributed by atoms with Gasteiger partial charge in [0.05, 0.1) is 6.61 Å². The highest BCUT2D eigenvalue weighted by molar-refractivity contribution is 9.09. The van der Waals surface area contributed by atoms with Crippen LogP contribution in [0.1, 0.15) is 12.5 Å². The molecule has 0 saturated carbocycles. The molecule has 72 valence electrons. The van der Waals surface area contributed by atoms with Gasteiger partial charge in [-0.2, -0.15) is 0 Å². The van der Waals surface area contributed by atoms with Crippen molar-refractivity contribution in [1.29, 1.82) is 0 Å². The number of benzene rings is 1. The van der Waals surface area contributed by atoms with Gasteiger partial charge in [0.25, 0.3) is 0 Å². The highest BCUT2D eigenvalue weighted by atomic mass is 79.9. The fraction of sp³-hybridized carbons (Fsp3) is 0.455. The molecule has 0 fully saturated rings. The summed E-state index contributed by atoms with van der Waals surface area (Å²) in [7, 11) is 0. The molecule has 13 heavy (non-hydrogen) atoms. The van der Waals surface area contributed by atoms with Gasteiger partial charge in [-0.05, 0) is 30.5 Å². The van der Waals surface area contributed by atoms with E-state index in [1.807, 2.05) is 12.1 Å². The van der Waals surface area contributed by atoms with Crippen LogP contribution in [0.5, 0.6) is 5.75 Å². The zero-order valence-corrected chi connectivity index (χ0v) is 9.67. The first-order chi connectivity index (χ1) is 6.22. The molecular formula is C11H15BrO. The van der Waals surface area contributed by atoms with Crippen LogP contribution in [0.3, 0.4) is 0 Å². The van der Waals surface area contributed by atoms with Gasteiger partial charge in [-0.1, -0.05) is 35.0 Å². The molecule has 1 atom stereocenters. The van der Waals surface area contributed by atoms with E-state index in [1.165, 1.54) is 5.56 Å². The van der Waals surface area contributed by atoms with Crippen molar-refractivity contribution in [1.82, 2.24) is 0 Å². The van der Waals surface area contributed by atoms with Crippen LogP contribution >= 0.6 is 15.9 Å². The Morgan fingerprint density at radius 2 is 2.23 bits per heavy atom. The fourth-order valence-electron chi connectivity index (χ4n) is 0.988. The normalized spacial score (nSPS) is 12.5. The number of hydrogen-bond acceptors (Lipinski definition) is 1. The minimum Gasteiger partial charge on any atom is -0.493 e. The minimum atomic E-state index is 0.556. The van der Waals surface area contributed by atoms with Crippen LogP contribution < -0.4 is 4.74 Å². The number of alkyl halides is 1. The molecule has 0 aromatic heterocycles. The van der Waals surface area contributed by atoms with Crippen molar-refractivity contribution < 1.29 is 4.74 Å². The third-order valence-electron chi connectivity index (χ3n) is 1.79. The summed E-state index contributed by atoms with van der Waals surface area (Å²) in [6.45, 7) is 5.00. The molecule has 0 spiro atoms. The van der Waals surface area contributed by atoms with Crippen molar-refractivity contribution in [3.63, 3.8) is 0 Å². The van der Waals surface area contributed by atoms with Crippen molar-refractivity contribution in [3.8, 4) is 5.75 Å². The highest BCUT2D eigenvalue weighted by Crippen LogP contribution is 2.13. The molecule has 0 radical (unpaired) electrons. The Bertz CT molecular complexity index is 260. The SMILES string of the molecule is Cc1cccc(OCC(C)CBr)c1. The third kappa shape index (κ3) is 3.81. The lowest BCUT2D eigenvalue weighted by molar-refractivity contribution is 0.274. The first-order valence-corrected chi connectivity index (χ1v) is 5.60. The number of hydrogen-bond donors (Lipinski definition) is 0. The lowest BCUT2D eigenvalue weighted by atomic mass is 10.2. The van der Waals surface area contributed by atoms with E-state index in [4.69, 9.17) is 4.74 Å². The summed E-state index contributed by atoms with van der Waals surface area (Å²) in [5.74, 6) is 1.52. The van der Waals surface area contributed by atoms with Crippen LogP contribution in [-0.4, -0.2) is 11.9 Å². The fourth-order valence-corrected chi connectivity index (χ4v) is 1.18. The van der Waals surface area contributed by atoms with E-state index in [0.717, 1.165) is 17.7 Å². The van der Waals surface area contributed by atoms with Gasteiger partial charge < -0.3 is 4.74 Å². The molecule has 0 N–H and O–H groups in total. The molecule has 0 heterocycles. The average molecular weight is 243 g/mol. The molecule has 1 aromatic carbocycles. The van der Waals surface area contributed by atoms with E-state index in [-0.39, 0.29) is 0 Å². The Hall–Kier alpha value is -0.500. The third-order valence-corrected chi connectivity index (χ3v) is 2.89. The molecule has 0 bridgehead atoms. The van der Waals surface area contributed by atoms with Gasteiger partial charge in [0.15, 0.2) is 0 Å². The standard InChI is InChI=1S/C11H15BrO/c1-9-4-3-5-11(6-9)13-8-10(2)7-12/h3-6,10H,7-8H2,1-2H3. The van der Waals surface area contributed by atoms with Crippen LogP contribution in [0.4, 0.5) is 0 Å². The largest absolute Gasteiger partial charge is 0.493 e. The van der Waals surface area contributed by atoms with Gasteiger partial charge >= 0.3 is 0 Å². The van der Waals surface area contributed by atoms with E-state index in [1.54, 1.807) is 0 Å². The summed E-state index contributed by atoms with van der Waals surface area (Å²) in [5, 5.41) is 0.985. The highest BCUT2D eigenvalue weighted by Gasteiger charge is 2.00. The molecule has 0 aliphatic carbocycles. The Labute approximate surface area is 88.2 Å². The van der Waals surface area contributed by atoms with Crippen LogP contribution in [0, 0.1) is 12.8 Å². The van der Waals surface area contributed by atoms with Gasteiger partial charge in [0.1, 0.15) is 5.75 Å². The first-order valence-electron chi connectivity index (χ1n) is 4.48. The summed E-state index contributed by atoms with van der Waals surface area (Å²) in [4.78, 5) is 0.